The summed E-state index contributed by atoms with van der Waals surface area (Å²) < 4.78 is 11.5. The van der Waals surface area contributed by atoms with Gasteiger partial charge in [0.05, 0.1) is 27.7 Å². The lowest BCUT2D eigenvalue weighted by molar-refractivity contribution is -0.879. The molecule has 0 radical (unpaired) electrons. The molecule has 0 aromatic heterocycles. The molecule has 1 aliphatic carbocycles. The second-order valence-corrected chi connectivity index (χ2v) is 8.37. The standard InChI is InChI=1S/C21H30NO4/c1-22(2)12-11-18(14-22)26-21(24)19(20(23)25-3)17-10-9-16(13-17)15-7-5-4-6-8-15/h4-8,16-19H,9-14H2,1-3H3/q+1. The van der Waals surface area contributed by atoms with Crippen molar-refractivity contribution in [2.75, 3.05) is 34.3 Å². The van der Waals surface area contributed by atoms with Crippen LogP contribution in [0.3, 0.4) is 0 Å². The van der Waals surface area contributed by atoms with Crippen LogP contribution in [-0.2, 0) is 19.1 Å². The van der Waals surface area contributed by atoms with Crippen molar-refractivity contribution in [1.29, 1.82) is 0 Å². The predicted molar refractivity (Wildman–Crippen MR) is 98.4 cm³/mol. The van der Waals surface area contributed by atoms with Gasteiger partial charge in [-0.15, -0.1) is 0 Å². The molecule has 2 fully saturated rings. The molecule has 4 unspecified atom stereocenters. The third-order valence-electron chi connectivity index (χ3n) is 5.96. The summed E-state index contributed by atoms with van der Waals surface area (Å²) in [5, 5.41) is 0. The molecule has 5 nitrogen and oxygen atoms in total. The van der Waals surface area contributed by atoms with Crippen molar-refractivity contribution in [3.8, 4) is 0 Å². The van der Waals surface area contributed by atoms with Crippen molar-refractivity contribution in [3.05, 3.63) is 35.9 Å². The van der Waals surface area contributed by atoms with Gasteiger partial charge in [0.15, 0.2) is 12.0 Å². The predicted octanol–water partition coefficient (Wildman–Crippen LogP) is 2.75. The van der Waals surface area contributed by atoms with Crippen molar-refractivity contribution >= 4 is 11.9 Å². The maximum atomic E-state index is 12.8. The number of hydrogen-bond donors (Lipinski definition) is 0. The number of carbonyl (C=O) groups excluding carboxylic acids is 2. The Morgan fingerprint density at radius 3 is 2.42 bits per heavy atom. The zero-order valence-corrected chi connectivity index (χ0v) is 16.0. The molecule has 2 aliphatic rings. The smallest absolute Gasteiger partial charge is 0.321 e. The van der Waals surface area contributed by atoms with Crippen LogP contribution in [0.2, 0.25) is 0 Å². The highest BCUT2D eigenvalue weighted by Gasteiger charge is 2.43. The maximum Gasteiger partial charge on any atom is 0.321 e. The molecule has 0 bridgehead atoms. The summed E-state index contributed by atoms with van der Waals surface area (Å²) in [5.74, 6) is -1.28. The van der Waals surface area contributed by atoms with Crippen molar-refractivity contribution in [1.82, 2.24) is 0 Å². The van der Waals surface area contributed by atoms with E-state index in [9.17, 15) is 9.59 Å². The monoisotopic (exact) mass is 360 g/mol. The van der Waals surface area contributed by atoms with E-state index in [1.165, 1.54) is 12.7 Å². The number of rotatable bonds is 5. The van der Waals surface area contributed by atoms with E-state index in [4.69, 9.17) is 9.47 Å². The summed E-state index contributed by atoms with van der Waals surface area (Å²) in [6, 6.07) is 10.3. The van der Waals surface area contributed by atoms with Crippen LogP contribution in [-0.4, -0.2) is 56.8 Å². The fourth-order valence-corrected chi connectivity index (χ4v) is 4.52. The minimum Gasteiger partial charge on any atom is -0.468 e. The van der Waals surface area contributed by atoms with Gasteiger partial charge in [-0.05, 0) is 36.7 Å². The molecule has 0 spiro atoms. The molecule has 142 valence electrons. The van der Waals surface area contributed by atoms with E-state index in [1.807, 2.05) is 18.2 Å². The first-order valence-corrected chi connectivity index (χ1v) is 9.55. The fraction of sp³-hybridized carbons (Fsp3) is 0.619. The van der Waals surface area contributed by atoms with Crippen molar-refractivity contribution in [2.24, 2.45) is 11.8 Å². The third kappa shape index (κ3) is 4.26. The molecular formula is C21H30NO4+. The van der Waals surface area contributed by atoms with Crippen LogP contribution in [0.15, 0.2) is 30.3 Å². The molecule has 1 saturated heterocycles. The van der Waals surface area contributed by atoms with Crippen LogP contribution in [0.5, 0.6) is 0 Å². The minimum atomic E-state index is -0.801. The van der Waals surface area contributed by atoms with Gasteiger partial charge in [0.1, 0.15) is 6.54 Å². The van der Waals surface area contributed by atoms with Crippen molar-refractivity contribution < 1.29 is 23.5 Å². The van der Waals surface area contributed by atoms with E-state index in [2.05, 4.69) is 26.2 Å². The van der Waals surface area contributed by atoms with Gasteiger partial charge in [-0.3, -0.25) is 9.59 Å². The van der Waals surface area contributed by atoms with Crippen LogP contribution in [0.1, 0.15) is 37.2 Å². The molecule has 0 N–H and O–H groups in total. The zero-order chi connectivity index (χ0) is 18.7. The van der Waals surface area contributed by atoms with Crippen LogP contribution in [0, 0.1) is 11.8 Å². The molecule has 1 heterocycles. The normalized spacial score (nSPS) is 28.5. The number of methoxy groups -OCH3 is 1. The number of carbonyl (C=O) groups is 2. The first kappa shape index (κ1) is 18.9. The van der Waals surface area contributed by atoms with Gasteiger partial charge in [0.25, 0.3) is 0 Å². The number of likely N-dealkylation sites (tertiary alicyclic amines) is 1. The van der Waals surface area contributed by atoms with E-state index >= 15 is 0 Å². The zero-order valence-electron chi connectivity index (χ0n) is 16.0. The number of benzene rings is 1. The Morgan fingerprint density at radius 2 is 1.81 bits per heavy atom. The first-order chi connectivity index (χ1) is 12.4. The molecule has 0 amide bonds. The second kappa shape index (κ2) is 7.78. The highest BCUT2D eigenvalue weighted by atomic mass is 16.6. The highest BCUT2D eigenvalue weighted by molar-refractivity contribution is 5.95. The van der Waals surface area contributed by atoms with E-state index in [-0.39, 0.29) is 12.0 Å². The average Bonchev–Trinajstić information content (AvgIpc) is 3.22. The Balaban J connectivity index is 1.67. The fourth-order valence-electron chi connectivity index (χ4n) is 4.52. The van der Waals surface area contributed by atoms with Gasteiger partial charge < -0.3 is 14.0 Å². The van der Waals surface area contributed by atoms with Crippen molar-refractivity contribution in [2.45, 2.75) is 37.7 Å². The van der Waals surface area contributed by atoms with E-state index in [0.29, 0.717) is 5.92 Å². The van der Waals surface area contributed by atoms with Crippen LogP contribution < -0.4 is 0 Å². The van der Waals surface area contributed by atoms with Gasteiger partial charge in [0, 0.05) is 6.42 Å². The molecule has 26 heavy (non-hydrogen) atoms. The second-order valence-electron chi connectivity index (χ2n) is 8.37. The van der Waals surface area contributed by atoms with E-state index in [1.54, 1.807) is 0 Å². The summed E-state index contributed by atoms with van der Waals surface area (Å²) >= 11 is 0. The number of likely N-dealkylation sites (N-methyl/N-ethyl adjacent to an activating group) is 1. The Labute approximate surface area is 155 Å². The summed E-state index contributed by atoms with van der Waals surface area (Å²) in [4.78, 5) is 25.2. The van der Waals surface area contributed by atoms with Gasteiger partial charge in [0.2, 0.25) is 0 Å². The SMILES string of the molecule is COC(=O)C(C(=O)OC1CC[N+](C)(C)C1)C1CCC(c2ccccc2)C1. The maximum absolute atomic E-state index is 12.8. The highest BCUT2D eigenvalue weighted by Crippen LogP contribution is 2.42. The topological polar surface area (TPSA) is 52.6 Å². The molecule has 3 rings (SSSR count). The lowest BCUT2D eigenvalue weighted by Gasteiger charge is -2.24. The number of nitrogens with zero attached hydrogens (tertiary/aromatic N) is 1. The third-order valence-corrected chi connectivity index (χ3v) is 5.96. The molecule has 1 aromatic carbocycles. The van der Waals surface area contributed by atoms with Gasteiger partial charge in [-0.2, -0.15) is 0 Å². The van der Waals surface area contributed by atoms with Gasteiger partial charge >= 0.3 is 11.9 Å². The van der Waals surface area contributed by atoms with E-state index in [0.717, 1.165) is 43.3 Å². The minimum absolute atomic E-state index is 0.0101. The number of quaternary nitrogens is 1. The summed E-state index contributed by atoms with van der Waals surface area (Å²) in [6.07, 6.45) is 3.41. The van der Waals surface area contributed by atoms with Gasteiger partial charge in [-0.25, -0.2) is 0 Å². The Kier molecular flexibility index (Phi) is 5.66. The van der Waals surface area contributed by atoms with Crippen molar-refractivity contribution in [3.63, 3.8) is 0 Å². The Morgan fingerprint density at radius 1 is 1.08 bits per heavy atom. The molecule has 1 saturated carbocycles. The lowest BCUT2D eigenvalue weighted by Crippen LogP contribution is -2.39. The number of ether oxygens (including phenoxy) is 2. The molecule has 1 aromatic rings. The molecule has 4 atom stereocenters. The molecule has 1 aliphatic heterocycles. The number of hydrogen-bond acceptors (Lipinski definition) is 4. The van der Waals surface area contributed by atoms with E-state index < -0.39 is 17.9 Å². The largest absolute Gasteiger partial charge is 0.468 e. The summed E-state index contributed by atoms with van der Waals surface area (Å²) in [6.45, 7) is 1.79. The molecular weight excluding hydrogens is 330 g/mol. The molecule has 5 heteroatoms. The summed E-state index contributed by atoms with van der Waals surface area (Å²) in [5.41, 5.74) is 1.28. The number of esters is 2. The van der Waals surface area contributed by atoms with Crippen LogP contribution in [0.4, 0.5) is 0 Å². The van der Waals surface area contributed by atoms with Crippen LogP contribution in [0.25, 0.3) is 0 Å². The average molecular weight is 360 g/mol. The van der Waals surface area contributed by atoms with Gasteiger partial charge in [-0.1, -0.05) is 30.3 Å². The first-order valence-electron chi connectivity index (χ1n) is 9.55. The van der Waals surface area contributed by atoms with Crippen LogP contribution >= 0.6 is 0 Å². The Hall–Kier alpha value is -1.88. The quantitative estimate of drug-likeness (QED) is 0.460. The lowest BCUT2D eigenvalue weighted by atomic mass is 9.88. The Bertz CT molecular complexity index is 643. The summed E-state index contributed by atoms with van der Waals surface area (Å²) in [7, 11) is 5.61.